The van der Waals surface area contributed by atoms with E-state index in [1.807, 2.05) is 11.9 Å². The second-order valence-electron chi connectivity index (χ2n) is 4.31. The highest BCUT2D eigenvalue weighted by atomic mass is 16.4. The molecular formula is C13H15N3O3. The first-order valence-electron chi connectivity index (χ1n) is 5.73. The summed E-state index contributed by atoms with van der Waals surface area (Å²) in [7, 11) is 3.57. The fourth-order valence-electron chi connectivity index (χ4n) is 1.85. The number of benzene rings is 1. The van der Waals surface area contributed by atoms with E-state index in [0.29, 0.717) is 12.2 Å². The lowest BCUT2D eigenvalue weighted by Crippen LogP contribution is -2.20. The van der Waals surface area contributed by atoms with E-state index in [2.05, 4.69) is 5.10 Å². The van der Waals surface area contributed by atoms with Crippen molar-refractivity contribution in [2.24, 2.45) is 7.05 Å². The van der Waals surface area contributed by atoms with Crippen molar-refractivity contribution < 1.29 is 15.0 Å². The molecule has 2 rings (SSSR count). The molecule has 0 bridgehead atoms. The van der Waals surface area contributed by atoms with E-state index in [-0.39, 0.29) is 11.3 Å². The number of phenolic OH excluding ortho intramolecular Hbond substituents is 1. The minimum absolute atomic E-state index is 0.198. The Kier molecular flexibility index (Phi) is 3.41. The number of hydrogen-bond donors (Lipinski definition) is 2. The van der Waals surface area contributed by atoms with Gasteiger partial charge in [-0.25, -0.2) is 4.79 Å². The van der Waals surface area contributed by atoms with Crippen LogP contribution in [0.2, 0.25) is 0 Å². The maximum absolute atomic E-state index is 11.1. The maximum Gasteiger partial charge on any atom is 0.339 e. The van der Waals surface area contributed by atoms with Gasteiger partial charge in [-0.1, -0.05) is 0 Å². The molecule has 0 aliphatic rings. The molecule has 0 amide bonds. The van der Waals surface area contributed by atoms with Crippen LogP contribution in [-0.4, -0.2) is 33.0 Å². The van der Waals surface area contributed by atoms with Crippen molar-refractivity contribution >= 4 is 11.7 Å². The van der Waals surface area contributed by atoms with Crippen molar-refractivity contribution in [2.75, 3.05) is 11.9 Å². The standard InChI is InChI=1S/C13H15N3O3/c1-15(9-3-5-10(17)6-4-9)8-12-11(13(18)19)7-14-16(12)2/h3-7,17H,8H2,1-2H3,(H,18,19). The first kappa shape index (κ1) is 12.9. The Labute approximate surface area is 110 Å². The van der Waals surface area contributed by atoms with Crippen molar-refractivity contribution in [1.29, 1.82) is 0 Å². The van der Waals surface area contributed by atoms with Crippen LogP contribution in [0.1, 0.15) is 16.1 Å². The molecule has 1 heterocycles. The Bertz CT molecular complexity index is 590. The van der Waals surface area contributed by atoms with Gasteiger partial charge < -0.3 is 15.1 Å². The summed E-state index contributed by atoms with van der Waals surface area (Å²) in [6.07, 6.45) is 1.35. The number of aromatic hydroxyl groups is 1. The number of phenols is 1. The summed E-state index contributed by atoms with van der Waals surface area (Å²) in [6.45, 7) is 0.420. The molecule has 6 nitrogen and oxygen atoms in total. The quantitative estimate of drug-likeness (QED) is 0.871. The second kappa shape index (κ2) is 5.01. The number of aryl methyl sites for hydroxylation is 1. The highest BCUT2D eigenvalue weighted by Gasteiger charge is 2.16. The van der Waals surface area contributed by atoms with Crippen LogP contribution in [0, 0.1) is 0 Å². The largest absolute Gasteiger partial charge is 0.508 e. The summed E-state index contributed by atoms with van der Waals surface area (Å²) >= 11 is 0. The van der Waals surface area contributed by atoms with Crippen LogP contribution in [0.5, 0.6) is 5.75 Å². The van der Waals surface area contributed by atoms with Crippen LogP contribution in [-0.2, 0) is 13.6 Å². The lowest BCUT2D eigenvalue weighted by atomic mass is 10.2. The summed E-state index contributed by atoms with van der Waals surface area (Å²) in [5.41, 5.74) is 1.71. The molecule has 0 aliphatic heterocycles. The van der Waals surface area contributed by atoms with Gasteiger partial charge in [-0.15, -0.1) is 0 Å². The number of hydrogen-bond acceptors (Lipinski definition) is 4. The molecule has 1 aromatic heterocycles. The molecule has 100 valence electrons. The number of carbonyl (C=O) groups is 1. The van der Waals surface area contributed by atoms with Crippen LogP contribution in [0.25, 0.3) is 0 Å². The van der Waals surface area contributed by atoms with Gasteiger partial charge in [0.2, 0.25) is 0 Å². The molecule has 0 unspecified atom stereocenters. The zero-order chi connectivity index (χ0) is 14.0. The van der Waals surface area contributed by atoms with Crippen LogP contribution in [0.3, 0.4) is 0 Å². The smallest absolute Gasteiger partial charge is 0.339 e. The Morgan fingerprint density at radius 1 is 1.37 bits per heavy atom. The van der Waals surface area contributed by atoms with E-state index in [1.165, 1.54) is 6.20 Å². The normalized spacial score (nSPS) is 10.4. The first-order valence-corrected chi connectivity index (χ1v) is 5.73. The van der Waals surface area contributed by atoms with E-state index in [9.17, 15) is 9.90 Å². The lowest BCUT2D eigenvalue weighted by molar-refractivity contribution is 0.0695. The number of aromatic carboxylic acids is 1. The van der Waals surface area contributed by atoms with E-state index in [1.54, 1.807) is 36.0 Å². The maximum atomic E-state index is 11.1. The van der Waals surface area contributed by atoms with E-state index in [0.717, 1.165) is 5.69 Å². The molecule has 0 spiro atoms. The first-order chi connectivity index (χ1) is 8.99. The SMILES string of the molecule is CN(Cc1c(C(=O)O)cnn1C)c1ccc(O)cc1. The minimum atomic E-state index is -0.984. The topological polar surface area (TPSA) is 78.6 Å². The Balaban J connectivity index is 2.23. The summed E-state index contributed by atoms with van der Waals surface area (Å²) in [6, 6.07) is 6.72. The van der Waals surface area contributed by atoms with Gasteiger partial charge in [0.25, 0.3) is 0 Å². The van der Waals surface area contributed by atoms with Gasteiger partial charge in [-0.3, -0.25) is 4.68 Å². The number of carboxylic acid groups (broad SMARTS) is 1. The fourth-order valence-corrected chi connectivity index (χ4v) is 1.85. The van der Waals surface area contributed by atoms with Crippen molar-refractivity contribution in [1.82, 2.24) is 9.78 Å². The number of anilines is 1. The Hall–Kier alpha value is -2.50. The van der Waals surface area contributed by atoms with Gasteiger partial charge >= 0.3 is 5.97 Å². The molecule has 0 radical (unpaired) electrons. The van der Waals surface area contributed by atoms with E-state index in [4.69, 9.17) is 5.11 Å². The highest BCUT2D eigenvalue weighted by molar-refractivity contribution is 5.88. The monoisotopic (exact) mass is 261 g/mol. The van der Waals surface area contributed by atoms with Gasteiger partial charge in [0, 0.05) is 19.8 Å². The van der Waals surface area contributed by atoms with Gasteiger partial charge in [-0.2, -0.15) is 5.10 Å². The average molecular weight is 261 g/mol. The molecule has 0 aliphatic carbocycles. The van der Waals surface area contributed by atoms with Gasteiger partial charge in [0.1, 0.15) is 11.3 Å². The van der Waals surface area contributed by atoms with Crippen LogP contribution < -0.4 is 4.90 Å². The molecule has 2 N–H and O–H groups in total. The lowest BCUT2D eigenvalue weighted by Gasteiger charge is -2.19. The third-order valence-electron chi connectivity index (χ3n) is 2.97. The summed E-state index contributed by atoms with van der Waals surface area (Å²) in [4.78, 5) is 13.0. The molecule has 0 fully saturated rings. The van der Waals surface area contributed by atoms with Crippen molar-refractivity contribution in [2.45, 2.75) is 6.54 Å². The number of rotatable bonds is 4. The number of carboxylic acids is 1. The van der Waals surface area contributed by atoms with Crippen molar-refractivity contribution in [3.63, 3.8) is 0 Å². The predicted molar refractivity (Wildman–Crippen MR) is 70.4 cm³/mol. The molecular weight excluding hydrogens is 246 g/mol. The summed E-state index contributed by atoms with van der Waals surface area (Å²) in [5, 5.41) is 22.3. The molecule has 0 saturated carbocycles. The van der Waals surface area contributed by atoms with Crippen LogP contribution in [0.4, 0.5) is 5.69 Å². The molecule has 0 saturated heterocycles. The van der Waals surface area contributed by atoms with Gasteiger partial charge in [0.15, 0.2) is 0 Å². The zero-order valence-corrected chi connectivity index (χ0v) is 10.7. The Morgan fingerprint density at radius 3 is 2.58 bits per heavy atom. The predicted octanol–water partition coefficient (Wildman–Crippen LogP) is 1.46. The minimum Gasteiger partial charge on any atom is -0.508 e. The number of nitrogens with zero attached hydrogens (tertiary/aromatic N) is 3. The fraction of sp³-hybridized carbons (Fsp3) is 0.231. The molecule has 0 atom stereocenters. The van der Waals surface area contributed by atoms with E-state index >= 15 is 0 Å². The highest BCUT2D eigenvalue weighted by Crippen LogP contribution is 2.20. The van der Waals surface area contributed by atoms with Gasteiger partial charge in [-0.05, 0) is 24.3 Å². The Morgan fingerprint density at radius 2 is 2.00 bits per heavy atom. The summed E-state index contributed by atoms with van der Waals surface area (Å²) in [5.74, 6) is -0.786. The summed E-state index contributed by atoms with van der Waals surface area (Å²) < 4.78 is 1.56. The molecule has 6 heteroatoms. The van der Waals surface area contributed by atoms with E-state index < -0.39 is 5.97 Å². The third-order valence-corrected chi connectivity index (χ3v) is 2.97. The number of aromatic nitrogens is 2. The van der Waals surface area contributed by atoms with Gasteiger partial charge in [0.05, 0.1) is 18.4 Å². The molecule has 2 aromatic rings. The van der Waals surface area contributed by atoms with Crippen molar-refractivity contribution in [3.8, 4) is 5.75 Å². The molecule has 1 aromatic carbocycles. The molecule has 19 heavy (non-hydrogen) atoms. The zero-order valence-electron chi connectivity index (χ0n) is 10.7. The second-order valence-corrected chi connectivity index (χ2v) is 4.31. The van der Waals surface area contributed by atoms with Crippen LogP contribution >= 0.6 is 0 Å². The van der Waals surface area contributed by atoms with Crippen molar-refractivity contribution in [3.05, 3.63) is 41.7 Å². The third kappa shape index (κ3) is 2.67. The average Bonchev–Trinajstić information content (AvgIpc) is 2.72. The van der Waals surface area contributed by atoms with Crippen LogP contribution in [0.15, 0.2) is 30.5 Å².